The summed E-state index contributed by atoms with van der Waals surface area (Å²) < 4.78 is 0. The predicted octanol–water partition coefficient (Wildman–Crippen LogP) is -3.78. The number of carbonyl (C=O) groups excluding carboxylic acids is 1. The summed E-state index contributed by atoms with van der Waals surface area (Å²) in [5.74, 6) is 0. The van der Waals surface area contributed by atoms with Gasteiger partial charge in [-0.1, -0.05) is 6.07 Å². The maximum absolute atomic E-state index is 8.25. The molecule has 0 heterocycles. The number of rotatable bonds is 0. The van der Waals surface area contributed by atoms with Gasteiger partial charge in [0.2, 0.25) is 0 Å². The van der Waals surface area contributed by atoms with E-state index in [9.17, 15) is 0 Å². The molecule has 0 spiro atoms. The van der Waals surface area contributed by atoms with Crippen molar-refractivity contribution in [2.75, 3.05) is 11.5 Å². The largest absolute Gasteiger partial charge is 1.00 e. The number of nitrogens with two attached hydrogens (primary N) is 2. The molecule has 5 heteroatoms. The van der Waals surface area contributed by atoms with Crippen molar-refractivity contribution in [1.82, 2.24) is 0 Å². The molecule has 4 N–H and O–H groups in total. The van der Waals surface area contributed by atoms with Gasteiger partial charge in [0.05, 0.1) is 0 Å². The maximum Gasteiger partial charge on any atom is 1.00 e. The van der Waals surface area contributed by atoms with Crippen LogP contribution in [0.25, 0.3) is 0 Å². The topological polar surface area (TPSA) is 92.2 Å². The fraction of sp³-hybridized carbons (Fsp3) is 0. The molecular weight excluding hydrogens is 167 g/mol. The number of benzene rings is 1. The number of carbonyl (C=O) groups is 1. The molecule has 0 fully saturated rings. The zero-order chi connectivity index (χ0) is 8.69. The molecule has 0 saturated carbocycles. The van der Waals surface area contributed by atoms with Crippen molar-refractivity contribution in [2.45, 2.75) is 0 Å². The number of hydrogen-bond donors (Lipinski definition) is 2. The molecule has 0 bridgehead atoms. The van der Waals surface area contributed by atoms with Crippen LogP contribution in [0.3, 0.4) is 0 Å². The summed E-state index contributed by atoms with van der Waals surface area (Å²) in [6, 6.07) is 7.15. The Labute approximate surface area is 92.9 Å². The molecule has 0 aliphatic heterocycles. The summed E-state index contributed by atoms with van der Waals surface area (Å²) in [5.41, 5.74) is 12.2. The van der Waals surface area contributed by atoms with Gasteiger partial charge >= 0.3 is 29.6 Å². The molecule has 1 aromatic rings. The minimum atomic E-state index is -0.500. The van der Waals surface area contributed by atoms with Crippen molar-refractivity contribution >= 4 is 17.8 Å². The normalized spacial score (nSPS) is 7.00. The van der Waals surface area contributed by atoms with Crippen LogP contribution in [0.4, 0.5) is 11.4 Å². The molecule has 1 rings (SSSR count). The summed E-state index contributed by atoms with van der Waals surface area (Å²) >= 11 is 0. The Morgan fingerprint density at radius 3 is 1.75 bits per heavy atom. The molecule has 0 radical (unpaired) electrons. The van der Waals surface area contributed by atoms with Crippen LogP contribution < -0.4 is 46.1 Å². The first-order valence-electron chi connectivity index (χ1n) is 2.87. The summed E-state index contributed by atoms with van der Waals surface area (Å²) in [7, 11) is 0. The summed E-state index contributed by atoms with van der Waals surface area (Å²) in [6.45, 7) is -0.500. The molecule has 4 nitrogen and oxygen atoms in total. The first kappa shape index (κ1) is 13.9. The molecule has 0 aromatic heterocycles. The van der Waals surface area contributed by atoms with E-state index >= 15 is 0 Å². The van der Waals surface area contributed by atoms with E-state index in [4.69, 9.17) is 21.4 Å². The zero-order valence-electron chi connectivity index (χ0n) is 6.86. The van der Waals surface area contributed by atoms with Crippen LogP contribution >= 0.6 is 0 Å². The van der Waals surface area contributed by atoms with Gasteiger partial charge in [0, 0.05) is 17.8 Å². The third-order valence-corrected chi connectivity index (χ3v) is 0.911. The van der Waals surface area contributed by atoms with E-state index < -0.39 is 6.47 Å². The molecule has 0 saturated heterocycles. The van der Waals surface area contributed by atoms with E-state index in [-0.39, 0.29) is 29.6 Å². The molecule has 0 unspecified atom stereocenters. The first-order chi connectivity index (χ1) is 5.20. The third-order valence-electron chi connectivity index (χ3n) is 0.911. The number of anilines is 2. The van der Waals surface area contributed by atoms with Gasteiger partial charge in [-0.25, -0.2) is 0 Å². The Kier molecular flexibility index (Phi) is 9.68. The second-order valence-electron chi connectivity index (χ2n) is 1.77. The standard InChI is InChI=1S/C6H8N2.CH2O2.Na/c7-5-2-1-3-6(8)4-5;2-1-3;/h1-4H,7-8H2;1H,(H,2,3);/q;;+1/p-1. The number of hydrogen-bond acceptors (Lipinski definition) is 4. The maximum atomic E-state index is 8.25. The van der Waals surface area contributed by atoms with Crippen molar-refractivity contribution in [3.05, 3.63) is 24.3 Å². The molecule has 60 valence electrons. The van der Waals surface area contributed by atoms with Crippen LogP contribution in [0.1, 0.15) is 0 Å². The Morgan fingerprint density at radius 1 is 1.25 bits per heavy atom. The van der Waals surface area contributed by atoms with Gasteiger partial charge in [-0.2, -0.15) is 0 Å². The molecule has 1 aromatic carbocycles. The number of carboxylic acid groups (broad SMARTS) is 1. The summed E-state index contributed by atoms with van der Waals surface area (Å²) in [6.07, 6.45) is 0. The predicted molar refractivity (Wildman–Crippen MR) is 41.3 cm³/mol. The van der Waals surface area contributed by atoms with Gasteiger partial charge < -0.3 is 21.4 Å². The molecule has 0 aliphatic carbocycles. The minimum absolute atomic E-state index is 0. The Balaban J connectivity index is 0. The van der Waals surface area contributed by atoms with E-state index in [0.717, 1.165) is 0 Å². The van der Waals surface area contributed by atoms with Crippen LogP contribution in [-0.2, 0) is 4.79 Å². The number of nitrogen functional groups attached to an aromatic ring is 2. The molecular formula is C7H9N2NaO2. The zero-order valence-corrected chi connectivity index (χ0v) is 8.86. The van der Waals surface area contributed by atoms with E-state index in [1.165, 1.54) is 0 Å². The first-order valence-corrected chi connectivity index (χ1v) is 2.87. The van der Waals surface area contributed by atoms with Gasteiger partial charge in [0.25, 0.3) is 0 Å². The molecule has 0 amide bonds. The van der Waals surface area contributed by atoms with Gasteiger partial charge in [-0.15, -0.1) is 0 Å². The fourth-order valence-electron chi connectivity index (χ4n) is 0.559. The smallest absolute Gasteiger partial charge is 0.554 e. The van der Waals surface area contributed by atoms with Gasteiger partial charge in [-0.3, -0.25) is 0 Å². The van der Waals surface area contributed by atoms with Crippen molar-refractivity contribution in [3.63, 3.8) is 0 Å². The fourth-order valence-corrected chi connectivity index (χ4v) is 0.559. The summed E-state index contributed by atoms with van der Waals surface area (Å²) in [5, 5.41) is 8.25. The molecule has 0 atom stereocenters. The Morgan fingerprint density at radius 2 is 1.58 bits per heavy atom. The van der Waals surface area contributed by atoms with E-state index in [2.05, 4.69) is 0 Å². The van der Waals surface area contributed by atoms with E-state index in [1.807, 2.05) is 6.07 Å². The quantitative estimate of drug-likeness (QED) is 0.241. The summed E-state index contributed by atoms with van der Waals surface area (Å²) in [4.78, 5) is 8.25. The van der Waals surface area contributed by atoms with Crippen LogP contribution in [0.15, 0.2) is 24.3 Å². The average Bonchev–Trinajstić information content (AvgIpc) is 1.88. The Bertz CT molecular complexity index is 213. The molecule has 0 aliphatic rings. The van der Waals surface area contributed by atoms with Crippen molar-refractivity contribution < 1.29 is 39.5 Å². The van der Waals surface area contributed by atoms with Crippen LogP contribution in [0.5, 0.6) is 0 Å². The van der Waals surface area contributed by atoms with Gasteiger partial charge in [0.15, 0.2) is 0 Å². The van der Waals surface area contributed by atoms with Gasteiger partial charge in [-0.05, 0) is 18.2 Å². The SMILES string of the molecule is Nc1cccc(N)c1.O=C[O-].[Na+]. The minimum Gasteiger partial charge on any atom is -0.554 e. The second kappa shape index (κ2) is 8.39. The third kappa shape index (κ3) is 7.40. The average molecular weight is 176 g/mol. The van der Waals surface area contributed by atoms with Crippen molar-refractivity contribution in [3.8, 4) is 0 Å². The second-order valence-corrected chi connectivity index (χ2v) is 1.77. The van der Waals surface area contributed by atoms with E-state index in [0.29, 0.717) is 11.4 Å². The van der Waals surface area contributed by atoms with Crippen LogP contribution in [0, 0.1) is 0 Å². The van der Waals surface area contributed by atoms with Crippen molar-refractivity contribution in [2.24, 2.45) is 0 Å². The van der Waals surface area contributed by atoms with Crippen LogP contribution in [-0.4, -0.2) is 6.47 Å². The Hall–Kier alpha value is -0.710. The van der Waals surface area contributed by atoms with Crippen molar-refractivity contribution in [1.29, 1.82) is 0 Å². The van der Waals surface area contributed by atoms with E-state index in [1.54, 1.807) is 18.2 Å². The monoisotopic (exact) mass is 176 g/mol. The van der Waals surface area contributed by atoms with Gasteiger partial charge in [0.1, 0.15) is 0 Å². The molecule has 12 heavy (non-hydrogen) atoms. The van der Waals surface area contributed by atoms with Crippen LogP contribution in [0.2, 0.25) is 0 Å².